The van der Waals surface area contributed by atoms with Gasteiger partial charge in [-0.1, -0.05) is 12.1 Å². The summed E-state index contributed by atoms with van der Waals surface area (Å²) in [6.45, 7) is 1.54. The first-order valence-corrected chi connectivity index (χ1v) is 7.33. The molecule has 1 aliphatic rings. The normalized spacial score (nSPS) is 14.2. The average molecular weight is 288 g/mol. The Balaban J connectivity index is 1.84. The third kappa shape index (κ3) is 2.34. The van der Waals surface area contributed by atoms with Gasteiger partial charge in [0.2, 0.25) is 5.91 Å². The molecule has 0 aliphatic carbocycles. The second-order valence-electron chi connectivity index (χ2n) is 4.81. The van der Waals surface area contributed by atoms with Crippen molar-refractivity contribution in [2.45, 2.75) is 6.42 Å². The number of thiazole rings is 1. The highest BCUT2D eigenvalue weighted by atomic mass is 32.1. The van der Waals surface area contributed by atoms with Crippen molar-refractivity contribution in [3.8, 4) is 0 Å². The molecule has 2 heterocycles. The number of hydrogen-bond donors (Lipinski definition) is 1. The monoisotopic (exact) mass is 288 g/mol. The molecule has 0 atom stereocenters. The average Bonchev–Trinajstić information content (AvgIpc) is 2.84. The molecule has 1 aliphatic heterocycles. The van der Waals surface area contributed by atoms with Gasteiger partial charge in [-0.25, -0.2) is 4.98 Å². The van der Waals surface area contributed by atoms with E-state index in [-0.39, 0.29) is 5.91 Å². The van der Waals surface area contributed by atoms with E-state index in [1.165, 1.54) is 11.3 Å². The lowest BCUT2D eigenvalue weighted by Gasteiger charge is -2.35. The van der Waals surface area contributed by atoms with Crippen LogP contribution in [0.25, 0.3) is 0 Å². The number of likely N-dealkylation sites (N-methyl/N-ethyl adjacent to an activating group) is 1. The molecule has 1 aromatic heterocycles. The van der Waals surface area contributed by atoms with Gasteiger partial charge in [-0.2, -0.15) is 0 Å². The Hall–Kier alpha value is -2.08. The van der Waals surface area contributed by atoms with Crippen LogP contribution in [0.4, 0.5) is 16.5 Å². The fraction of sp³-hybridized carbons (Fsp3) is 0.286. The van der Waals surface area contributed by atoms with Crippen molar-refractivity contribution in [3.63, 3.8) is 0 Å². The van der Waals surface area contributed by atoms with Gasteiger partial charge in [0.1, 0.15) is 0 Å². The number of para-hydroxylation sites is 2. The highest BCUT2D eigenvalue weighted by Gasteiger charge is 2.25. The summed E-state index contributed by atoms with van der Waals surface area (Å²) in [5, 5.41) is 2.35. The van der Waals surface area contributed by atoms with Crippen LogP contribution in [0.5, 0.6) is 0 Å². The van der Waals surface area contributed by atoms with Crippen LogP contribution in [0.1, 0.15) is 5.69 Å². The molecule has 6 heteroatoms. The summed E-state index contributed by atoms with van der Waals surface area (Å²) in [6, 6.07) is 7.97. The predicted molar refractivity (Wildman–Crippen MR) is 82.3 cm³/mol. The lowest BCUT2D eigenvalue weighted by molar-refractivity contribution is -0.118. The quantitative estimate of drug-likeness (QED) is 0.914. The minimum atomic E-state index is 0.0656. The number of amides is 1. The van der Waals surface area contributed by atoms with E-state index < -0.39 is 0 Å². The molecular weight excluding hydrogens is 272 g/mol. The predicted octanol–water partition coefficient (Wildman–Crippen LogP) is 1.75. The van der Waals surface area contributed by atoms with E-state index in [4.69, 9.17) is 5.73 Å². The van der Waals surface area contributed by atoms with Gasteiger partial charge in [-0.15, -0.1) is 11.3 Å². The first kappa shape index (κ1) is 12.9. The smallest absolute Gasteiger partial charge is 0.233 e. The lowest BCUT2D eigenvalue weighted by atomic mass is 10.1. The Morgan fingerprint density at radius 1 is 1.35 bits per heavy atom. The van der Waals surface area contributed by atoms with Gasteiger partial charge in [-0.3, -0.25) is 4.79 Å². The highest BCUT2D eigenvalue weighted by molar-refractivity contribution is 7.13. The molecule has 3 rings (SSSR count). The van der Waals surface area contributed by atoms with Crippen molar-refractivity contribution in [1.82, 2.24) is 4.98 Å². The highest BCUT2D eigenvalue weighted by Crippen LogP contribution is 2.32. The Morgan fingerprint density at radius 3 is 2.80 bits per heavy atom. The van der Waals surface area contributed by atoms with Crippen LogP contribution < -0.4 is 15.5 Å². The SMILES string of the molecule is CN1CCN(C(=O)Cc2csc(N)n2)c2ccccc21. The standard InChI is InChI=1S/C14H16N4OS/c1-17-6-7-18(12-5-3-2-4-11(12)17)13(19)8-10-9-20-14(15)16-10/h2-5,9H,6-8H2,1H3,(H2,15,16). The Kier molecular flexibility index (Phi) is 3.31. The number of nitrogens with zero attached hydrogens (tertiary/aromatic N) is 3. The van der Waals surface area contributed by atoms with Crippen molar-refractivity contribution < 1.29 is 4.79 Å². The Morgan fingerprint density at radius 2 is 2.10 bits per heavy atom. The van der Waals surface area contributed by atoms with Crippen LogP contribution in [-0.2, 0) is 11.2 Å². The molecule has 0 spiro atoms. The molecule has 2 N–H and O–H groups in total. The van der Waals surface area contributed by atoms with Crippen LogP contribution >= 0.6 is 11.3 Å². The maximum Gasteiger partial charge on any atom is 0.233 e. The van der Waals surface area contributed by atoms with Crippen molar-refractivity contribution in [2.75, 3.05) is 35.7 Å². The first-order valence-electron chi connectivity index (χ1n) is 6.45. The third-order valence-electron chi connectivity index (χ3n) is 3.45. The molecule has 0 unspecified atom stereocenters. The van der Waals surface area contributed by atoms with Crippen LogP contribution in [0, 0.1) is 0 Å². The molecule has 104 valence electrons. The van der Waals surface area contributed by atoms with Crippen LogP contribution in [0.3, 0.4) is 0 Å². The summed E-state index contributed by atoms with van der Waals surface area (Å²) in [6.07, 6.45) is 0.297. The maximum atomic E-state index is 12.5. The summed E-state index contributed by atoms with van der Waals surface area (Å²) >= 11 is 1.37. The number of rotatable bonds is 2. The summed E-state index contributed by atoms with van der Waals surface area (Å²) in [7, 11) is 2.04. The van der Waals surface area contributed by atoms with Gasteiger partial charge < -0.3 is 15.5 Å². The molecule has 1 aromatic carbocycles. The molecule has 0 bridgehead atoms. The van der Waals surface area contributed by atoms with Gasteiger partial charge in [0.05, 0.1) is 23.5 Å². The van der Waals surface area contributed by atoms with Crippen LogP contribution in [-0.4, -0.2) is 31.0 Å². The molecular formula is C14H16N4OS. The van der Waals surface area contributed by atoms with Gasteiger partial charge in [0.25, 0.3) is 0 Å². The number of nitrogens with two attached hydrogens (primary N) is 1. The van der Waals surface area contributed by atoms with E-state index in [1.54, 1.807) is 0 Å². The summed E-state index contributed by atoms with van der Waals surface area (Å²) < 4.78 is 0. The summed E-state index contributed by atoms with van der Waals surface area (Å²) in [5.41, 5.74) is 8.40. The summed E-state index contributed by atoms with van der Waals surface area (Å²) in [5.74, 6) is 0.0656. The van der Waals surface area contributed by atoms with Gasteiger partial charge in [0.15, 0.2) is 5.13 Å². The fourth-order valence-electron chi connectivity index (χ4n) is 2.42. The molecule has 20 heavy (non-hydrogen) atoms. The van der Waals surface area contributed by atoms with E-state index in [0.29, 0.717) is 18.1 Å². The second-order valence-corrected chi connectivity index (χ2v) is 5.70. The number of hydrogen-bond acceptors (Lipinski definition) is 5. The molecule has 0 fully saturated rings. The Labute approximate surface area is 121 Å². The Bertz CT molecular complexity index is 640. The molecule has 0 saturated heterocycles. The van der Waals surface area contributed by atoms with E-state index in [9.17, 15) is 4.79 Å². The molecule has 5 nitrogen and oxygen atoms in total. The zero-order chi connectivity index (χ0) is 14.1. The van der Waals surface area contributed by atoms with Crippen molar-refractivity contribution in [1.29, 1.82) is 0 Å². The van der Waals surface area contributed by atoms with Crippen molar-refractivity contribution in [2.24, 2.45) is 0 Å². The lowest BCUT2D eigenvalue weighted by Crippen LogP contribution is -2.43. The molecule has 0 radical (unpaired) electrons. The third-order valence-corrected chi connectivity index (χ3v) is 4.17. The maximum absolute atomic E-state index is 12.5. The minimum absolute atomic E-state index is 0.0656. The molecule has 2 aromatic rings. The number of fused-ring (bicyclic) bond motifs is 1. The summed E-state index contributed by atoms with van der Waals surface area (Å²) in [4.78, 5) is 20.6. The van der Waals surface area contributed by atoms with Crippen molar-refractivity contribution in [3.05, 3.63) is 35.3 Å². The minimum Gasteiger partial charge on any atom is -0.375 e. The van der Waals surface area contributed by atoms with Crippen LogP contribution in [0.2, 0.25) is 0 Å². The zero-order valence-corrected chi connectivity index (χ0v) is 12.1. The van der Waals surface area contributed by atoms with Crippen molar-refractivity contribution >= 4 is 33.8 Å². The van der Waals surface area contributed by atoms with Gasteiger partial charge in [0, 0.05) is 25.5 Å². The number of carbonyl (C=O) groups is 1. The van der Waals surface area contributed by atoms with E-state index >= 15 is 0 Å². The number of benzene rings is 1. The molecule has 1 amide bonds. The largest absolute Gasteiger partial charge is 0.375 e. The van der Waals surface area contributed by atoms with E-state index in [1.807, 2.05) is 41.6 Å². The number of aromatic nitrogens is 1. The number of nitrogen functional groups attached to an aromatic ring is 1. The fourth-order valence-corrected chi connectivity index (χ4v) is 2.98. The van der Waals surface area contributed by atoms with Crippen LogP contribution in [0.15, 0.2) is 29.6 Å². The second kappa shape index (κ2) is 5.13. The first-order chi connectivity index (χ1) is 9.65. The van der Waals surface area contributed by atoms with E-state index in [0.717, 1.165) is 23.6 Å². The number of carbonyl (C=O) groups excluding carboxylic acids is 1. The van der Waals surface area contributed by atoms with Gasteiger partial charge in [-0.05, 0) is 12.1 Å². The molecule has 0 saturated carbocycles. The zero-order valence-electron chi connectivity index (χ0n) is 11.2. The van der Waals surface area contributed by atoms with Gasteiger partial charge >= 0.3 is 0 Å². The number of anilines is 3. The topological polar surface area (TPSA) is 62.5 Å². The van der Waals surface area contributed by atoms with E-state index in [2.05, 4.69) is 9.88 Å².